The van der Waals surface area contributed by atoms with Gasteiger partial charge in [0, 0.05) is 44.6 Å². The molecule has 22 heavy (non-hydrogen) atoms. The van der Waals surface area contributed by atoms with Gasteiger partial charge in [0.15, 0.2) is 0 Å². The number of benzene rings is 1. The van der Waals surface area contributed by atoms with E-state index in [-0.39, 0.29) is 5.91 Å². The van der Waals surface area contributed by atoms with Crippen molar-refractivity contribution in [3.05, 3.63) is 53.9 Å². The molecule has 1 saturated heterocycles. The van der Waals surface area contributed by atoms with Gasteiger partial charge in [-0.25, -0.2) is 0 Å². The average molecular weight is 298 g/mol. The van der Waals surface area contributed by atoms with Gasteiger partial charge in [-0.15, -0.1) is 0 Å². The van der Waals surface area contributed by atoms with Crippen LogP contribution >= 0.6 is 0 Å². The molecule has 5 heteroatoms. The third-order valence-corrected chi connectivity index (χ3v) is 4.19. The van der Waals surface area contributed by atoms with Crippen LogP contribution in [0.2, 0.25) is 0 Å². The number of carbonyl (C=O) groups excluding carboxylic acids is 1. The van der Waals surface area contributed by atoms with Gasteiger partial charge in [-0.3, -0.25) is 14.4 Å². The van der Waals surface area contributed by atoms with Crippen molar-refractivity contribution < 1.29 is 4.79 Å². The molecule has 0 N–H and O–H groups in total. The molecule has 3 rings (SSSR count). The Kier molecular flexibility index (Phi) is 4.53. The summed E-state index contributed by atoms with van der Waals surface area (Å²) in [5.41, 5.74) is 2.35. The maximum absolute atomic E-state index is 12.3. The van der Waals surface area contributed by atoms with Crippen molar-refractivity contribution in [3.8, 4) is 0 Å². The molecule has 1 fully saturated rings. The molecule has 1 aromatic carbocycles. The van der Waals surface area contributed by atoms with Gasteiger partial charge >= 0.3 is 0 Å². The summed E-state index contributed by atoms with van der Waals surface area (Å²) in [6.07, 6.45) is 1.74. The lowest BCUT2D eigenvalue weighted by molar-refractivity contribution is -0.133. The minimum absolute atomic E-state index is 0.158. The fourth-order valence-electron chi connectivity index (χ4n) is 2.79. The summed E-state index contributed by atoms with van der Waals surface area (Å²) in [5.74, 6) is 0.158. The molecular weight excluding hydrogens is 276 g/mol. The highest BCUT2D eigenvalue weighted by Gasteiger charge is 2.21. The lowest BCUT2D eigenvalue weighted by Gasteiger charge is -2.34. The van der Waals surface area contributed by atoms with Gasteiger partial charge in [-0.05, 0) is 18.6 Å². The summed E-state index contributed by atoms with van der Waals surface area (Å²) in [4.78, 5) is 16.7. The number of aryl methyl sites for hydroxylation is 1. The third kappa shape index (κ3) is 3.54. The van der Waals surface area contributed by atoms with Crippen molar-refractivity contribution in [2.45, 2.75) is 20.0 Å². The molecule has 0 unspecified atom stereocenters. The Morgan fingerprint density at radius 1 is 1.09 bits per heavy atom. The van der Waals surface area contributed by atoms with E-state index >= 15 is 0 Å². The average Bonchev–Trinajstić information content (AvgIpc) is 2.94. The van der Waals surface area contributed by atoms with Crippen LogP contribution in [0.4, 0.5) is 0 Å². The van der Waals surface area contributed by atoms with Crippen LogP contribution < -0.4 is 0 Å². The van der Waals surface area contributed by atoms with Crippen LogP contribution in [0.1, 0.15) is 11.3 Å². The highest BCUT2D eigenvalue weighted by Crippen LogP contribution is 2.09. The summed E-state index contributed by atoms with van der Waals surface area (Å²) in [7, 11) is 0. The molecule has 0 aliphatic carbocycles. The van der Waals surface area contributed by atoms with E-state index in [1.165, 1.54) is 5.56 Å². The van der Waals surface area contributed by atoms with E-state index < -0.39 is 0 Å². The molecule has 0 atom stereocenters. The lowest BCUT2D eigenvalue weighted by Crippen LogP contribution is -2.49. The Balaban J connectivity index is 1.49. The summed E-state index contributed by atoms with van der Waals surface area (Å²) < 4.78 is 1.76. The minimum atomic E-state index is 0.158. The Morgan fingerprint density at radius 2 is 1.82 bits per heavy atom. The van der Waals surface area contributed by atoms with E-state index in [1.807, 2.05) is 24.0 Å². The van der Waals surface area contributed by atoms with E-state index in [4.69, 9.17) is 0 Å². The number of nitrogens with zero attached hydrogens (tertiary/aromatic N) is 4. The Hall–Kier alpha value is -2.14. The number of rotatable bonds is 4. The summed E-state index contributed by atoms with van der Waals surface area (Å²) >= 11 is 0. The Morgan fingerprint density at radius 3 is 2.45 bits per heavy atom. The second kappa shape index (κ2) is 6.75. The van der Waals surface area contributed by atoms with Crippen LogP contribution in [0, 0.1) is 6.92 Å². The van der Waals surface area contributed by atoms with Crippen LogP contribution in [-0.2, 0) is 17.9 Å². The van der Waals surface area contributed by atoms with Crippen LogP contribution in [0.3, 0.4) is 0 Å². The first-order chi connectivity index (χ1) is 10.7. The second-order valence-corrected chi connectivity index (χ2v) is 5.77. The van der Waals surface area contributed by atoms with Gasteiger partial charge < -0.3 is 4.90 Å². The molecule has 2 heterocycles. The molecule has 1 aliphatic rings. The maximum Gasteiger partial charge on any atom is 0.244 e. The second-order valence-electron chi connectivity index (χ2n) is 5.77. The fourth-order valence-corrected chi connectivity index (χ4v) is 2.79. The number of amides is 1. The van der Waals surface area contributed by atoms with E-state index in [2.05, 4.69) is 34.3 Å². The van der Waals surface area contributed by atoms with Gasteiger partial charge in [-0.2, -0.15) is 5.10 Å². The molecular formula is C17H22N4O. The lowest BCUT2D eigenvalue weighted by atomic mass is 10.2. The number of hydrogen-bond donors (Lipinski definition) is 0. The largest absolute Gasteiger partial charge is 0.339 e. The molecule has 5 nitrogen and oxygen atoms in total. The number of carbonyl (C=O) groups is 1. The van der Waals surface area contributed by atoms with Crippen LogP contribution in [-0.4, -0.2) is 51.7 Å². The number of piperazine rings is 1. The quantitative estimate of drug-likeness (QED) is 0.860. The van der Waals surface area contributed by atoms with Gasteiger partial charge in [0.05, 0.1) is 0 Å². The molecule has 0 saturated carbocycles. The normalized spacial score (nSPS) is 16.0. The van der Waals surface area contributed by atoms with Crippen LogP contribution in [0.15, 0.2) is 42.6 Å². The molecule has 1 aliphatic heterocycles. The Labute approximate surface area is 131 Å². The van der Waals surface area contributed by atoms with Crippen LogP contribution in [0.25, 0.3) is 0 Å². The van der Waals surface area contributed by atoms with Crippen molar-refractivity contribution in [1.82, 2.24) is 19.6 Å². The monoisotopic (exact) mass is 298 g/mol. The Bertz CT molecular complexity index is 615. The molecule has 116 valence electrons. The first-order valence-electron chi connectivity index (χ1n) is 7.75. The number of aromatic nitrogens is 2. The van der Waals surface area contributed by atoms with Crippen molar-refractivity contribution in [2.24, 2.45) is 0 Å². The standard InChI is InChI=1S/C17H22N4O/c1-15-7-8-18-21(15)14-17(22)20-11-9-19(10-12-20)13-16-5-3-2-4-6-16/h2-8H,9-14H2,1H3. The van der Waals surface area contributed by atoms with Gasteiger partial charge in [-0.1, -0.05) is 30.3 Å². The first-order valence-corrected chi connectivity index (χ1v) is 7.75. The van der Waals surface area contributed by atoms with Gasteiger partial charge in [0.2, 0.25) is 5.91 Å². The van der Waals surface area contributed by atoms with Gasteiger partial charge in [0.1, 0.15) is 6.54 Å². The molecule has 2 aromatic rings. The van der Waals surface area contributed by atoms with Crippen molar-refractivity contribution in [1.29, 1.82) is 0 Å². The predicted molar refractivity (Wildman–Crippen MR) is 85.3 cm³/mol. The highest BCUT2D eigenvalue weighted by molar-refractivity contribution is 5.76. The smallest absolute Gasteiger partial charge is 0.244 e. The predicted octanol–water partition coefficient (Wildman–Crippen LogP) is 1.54. The topological polar surface area (TPSA) is 41.4 Å². The maximum atomic E-state index is 12.3. The zero-order valence-electron chi connectivity index (χ0n) is 13.0. The molecule has 1 aromatic heterocycles. The molecule has 0 radical (unpaired) electrons. The van der Waals surface area contributed by atoms with Crippen LogP contribution in [0.5, 0.6) is 0 Å². The molecule has 0 bridgehead atoms. The summed E-state index contributed by atoms with van der Waals surface area (Å²) in [5, 5.41) is 4.18. The van der Waals surface area contributed by atoms with E-state index in [9.17, 15) is 4.79 Å². The number of hydrogen-bond acceptors (Lipinski definition) is 3. The SMILES string of the molecule is Cc1ccnn1CC(=O)N1CCN(Cc2ccccc2)CC1. The fraction of sp³-hybridized carbons (Fsp3) is 0.412. The third-order valence-electron chi connectivity index (χ3n) is 4.19. The van der Waals surface area contributed by atoms with Crippen molar-refractivity contribution in [3.63, 3.8) is 0 Å². The van der Waals surface area contributed by atoms with E-state index in [0.29, 0.717) is 6.54 Å². The van der Waals surface area contributed by atoms with E-state index in [1.54, 1.807) is 10.9 Å². The minimum Gasteiger partial charge on any atom is -0.339 e. The van der Waals surface area contributed by atoms with E-state index in [0.717, 1.165) is 38.4 Å². The zero-order chi connectivity index (χ0) is 15.4. The van der Waals surface area contributed by atoms with Gasteiger partial charge in [0.25, 0.3) is 0 Å². The van der Waals surface area contributed by atoms with Crippen molar-refractivity contribution >= 4 is 5.91 Å². The summed E-state index contributed by atoms with van der Waals surface area (Å²) in [6, 6.07) is 12.4. The first kappa shape index (κ1) is 14.8. The molecule has 1 amide bonds. The van der Waals surface area contributed by atoms with Crippen molar-refractivity contribution in [2.75, 3.05) is 26.2 Å². The molecule has 0 spiro atoms. The zero-order valence-corrected chi connectivity index (χ0v) is 13.0. The summed E-state index contributed by atoms with van der Waals surface area (Å²) in [6.45, 7) is 6.73. The highest BCUT2D eigenvalue weighted by atomic mass is 16.2.